The van der Waals surface area contributed by atoms with E-state index in [1.807, 2.05) is 19.2 Å². The van der Waals surface area contributed by atoms with E-state index in [4.69, 9.17) is 0 Å². The van der Waals surface area contributed by atoms with Gasteiger partial charge in [-0.3, -0.25) is 0 Å². The first-order chi connectivity index (χ1) is 8.31. The van der Waals surface area contributed by atoms with Crippen molar-refractivity contribution in [1.82, 2.24) is 10.6 Å². The molecule has 1 aliphatic heterocycles. The Balaban J connectivity index is 2.03. The number of hydrogen-bond acceptors (Lipinski definition) is 2. The van der Waals surface area contributed by atoms with Gasteiger partial charge in [-0.2, -0.15) is 0 Å². The molecule has 1 saturated heterocycles. The molecule has 0 radical (unpaired) electrons. The van der Waals surface area contributed by atoms with Gasteiger partial charge in [-0.25, -0.2) is 4.39 Å². The molecular formula is C14H21FN2. The Hall–Kier alpha value is -0.930. The third-order valence-electron chi connectivity index (χ3n) is 3.66. The van der Waals surface area contributed by atoms with Crippen LogP contribution in [0.3, 0.4) is 0 Å². The first-order valence-electron chi connectivity index (χ1n) is 6.43. The van der Waals surface area contributed by atoms with Crippen molar-refractivity contribution < 1.29 is 4.39 Å². The molecule has 1 fully saturated rings. The van der Waals surface area contributed by atoms with Gasteiger partial charge >= 0.3 is 0 Å². The molecule has 0 aromatic heterocycles. The molecule has 1 aromatic rings. The molecule has 0 amide bonds. The predicted octanol–water partition coefficient (Wildman–Crippen LogP) is 2.48. The number of halogens is 1. The maximum atomic E-state index is 13.7. The van der Waals surface area contributed by atoms with Gasteiger partial charge in [-0.15, -0.1) is 0 Å². The fraction of sp³-hybridized carbons (Fsp3) is 0.571. The lowest BCUT2D eigenvalue weighted by Gasteiger charge is -2.27. The lowest BCUT2D eigenvalue weighted by atomic mass is 9.88. The van der Waals surface area contributed by atoms with Gasteiger partial charge in [-0.05, 0) is 51.4 Å². The van der Waals surface area contributed by atoms with E-state index in [9.17, 15) is 4.39 Å². The van der Waals surface area contributed by atoms with Crippen LogP contribution in [0.1, 0.15) is 30.9 Å². The Kier molecular flexibility index (Phi) is 4.51. The topological polar surface area (TPSA) is 24.1 Å². The van der Waals surface area contributed by atoms with Crippen LogP contribution in [0.5, 0.6) is 0 Å². The molecule has 0 saturated carbocycles. The van der Waals surface area contributed by atoms with Gasteiger partial charge < -0.3 is 10.6 Å². The maximum absolute atomic E-state index is 13.7. The van der Waals surface area contributed by atoms with E-state index in [1.165, 1.54) is 12.8 Å². The molecule has 2 N–H and O–H groups in total. The van der Waals surface area contributed by atoms with Crippen LogP contribution in [0, 0.1) is 11.7 Å². The molecule has 1 aromatic carbocycles. The Morgan fingerprint density at radius 2 is 2.06 bits per heavy atom. The number of hydrogen-bond donors (Lipinski definition) is 2. The third-order valence-corrected chi connectivity index (χ3v) is 3.66. The summed E-state index contributed by atoms with van der Waals surface area (Å²) in [6.07, 6.45) is 3.43. The molecule has 17 heavy (non-hydrogen) atoms. The largest absolute Gasteiger partial charge is 0.317 e. The van der Waals surface area contributed by atoms with Crippen LogP contribution < -0.4 is 10.6 Å². The third kappa shape index (κ3) is 3.27. The fourth-order valence-corrected chi connectivity index (χ4v) is 2.61. The Morgan fingerprint density at radius 1 is 1.35 bits per heavy atom. The minimum atomic E-state index is -0.0965. The first-order valence-corrected chi connectivity index (χ1v) is 6.43. The average Bonchev–Trinajstić information content (AvgIpc) is 2.38. The normalized spacial score (nSPS) is 19.2. The highest BCUT2D eigenvalue weighted by atomic mass is 19.1. The van der Waals surface area contributed by atoms with Crippen molar-refractivity contribution in [3.63, 3.8) is 0 Å². The van der Waals surface area contributed by atoms with Gasteiger partial charge in [0.25, 0.3) is 0 Å². The number of benzene rings is 1. The monoisotopic (exact) mass is 236 g/mol. The summed E-state index contributed by atoms with van der Waals surface area (Å²) < 4.78 is 13.7. The van der Waals surface area contributed by atoms with Gasteiger partial charge in [0.05, 0.1) is 0 Å². The highest BCUT2D eigenvalue weighted by molar-refractivity contribution is 5.21. The second kappa shape index (κ2) is 6.12. The van der Waals surface area contributed by atoms with Gasteiger partial charge in [-0.1, -0.05) is 18.2 Å². The summed E-state index contributed by atoms with van der Waals surface area (Å²) >= 11 is 0. The van der Waals surface area contributed by atoms with Crippen molar-refractivity contribution in [3.8, 4) is 0 Å². The van der Waals surface area contributed by atoms with Crippen LogP contribution in [-0.4, -0.2) is 20.1 Å². The van der Waals surface area contributed by atoms with E-state index in [-0.39, 0.29) is 11.9 Å². The lowest BCUT2D eigenvalue weighted by molar-refractivity contribution is 0.315. The smallest absolute Gasteiger partial charge is 0.127 e. The van der Waals surface area contributed by atoms with Crippen LogP contribution in [0.2, 0.25) is 0 Å². The number of nitrogens with one attached hydrogen (secondary N) is 2. The summed E-state index contributed by atoms with van der Waals surface area (Å²) in [5, 5.41) is 6.61. The molecule has 2 rings (SSSR count). The van der Waals surface area contributed by atoms with Crippen LogP contribution in [0.25, 0.3) is 0 Å². The number of rotatable bonds is 4. The molecular weight excluding hydrogens is 215 g/mol. The summed E-state index contributed by atoms with van der Waals surface area (Å²) in [4.78, 5) is 0. The van der Waals surface area contributed by atoms with Crippen molar-refractivity contribution in [1.29, 1.82) is 0 Å². The zero-order chi connectivity index (χ0) is 12.1. The molecule has 1 atom stereocenters. The molecule has 0 spiro atoms. The van der Waals surface area contributed by atoms with Crippen molar-refractivity contribution >= 4 is 0 Å². The summed E-state index contributed by atoms with van der Waals surface area (Å²) in [5.41, 5.74) is 0.800. The summed E-state index contributed by atoms with van der Waals surface area (Å²) in [6, 6.07) is 7.22. The van der Waals surface area contributed by atoms with E-state index in [1.54, 1.807) is 12.1 Å². The summed E-state index contributed by atoms with van der Waals surface area (Å²) in [7, 11) is 1.91. The van der Waals surface area contributed by atoms with Gasteiger partial charge in [0.15, 0.2) is 0 Å². The van der Waals surface area contributed by atoms with Crippen LogP contribution in [0.4, 0.5) is 4.39 Å². The first kappa shape index (κ1) is 12.5. The van der Waals surface area contributed by atoms with Gasteiger partial charge in [0, 0.05) is 11.6 Å². The van der Waals surface area contributed by atoms with Gasteiger partial charge in [0.1, 0.15) is 5.82 Å². The molecule has 0 bridgehead atoms. The molecule has 3 heteroatoms. The standard InChI is InChI=1S/C14H21FN2/c1-16-14(10-11-6-8-17-9-7-11)12-4-2-3-5-13(12)15/h2-5,11,14,16-17H,6-10H2,1H3. The summed E-state index contributed by atoms with van der Waals surface area (Å²) in [6.45, 7) is 2.19. The van der Waals surface area contributed by atoms with E-state index in [0.29, 0.717) is 5.92 Å². The van der Waals surface area contributed by atoms with Crippen LogP contribution >= 0.6 is 0 Å². The summed E-state index contributed by atoms with van der Waals surface area (Å²) in [5.74, 6) is 0.606. The zero-order valence-electron chi connectivity index (χ0n) is 10.4. The quantitative estimate of drug-likeness (QED) is 0.839. The van der Waals surface area contributed by atoms with Crippen molar-refractivity contribution in [2.45, 2.75) is 25.3 Å². The molecule has 1 unspecified atom stereocenters. The highest BCUT2D eigenvalue weighted by Crippen LogP contribution is 2.27. The van der Waals surface area contributed by atoms with Crippen molar-refractivity contribution in [3.05, 3.63) is 35.6 Å². The van der Waals surface area contributed by atoms with Crippen LogP contribution in [0.15, 0.2) is 24.3 Å². The Morgan fingerprint density at radius 3 is 2.71 bits per heavy atom. The fourth-order valence-electron chi connectivity index (χ4n) is 2.61. The Bertz CT molecular complexity index is 348. The lowest BCUT2D eigenvalue weighted by Crippen LogP contribution is -2.30. The van der Waals surface area contributed by atoms with Gasteiger partial charge in [0.2, 0.25) is 0 Å². The second-order valence-corrected chi connectivity index (χ2v) is 4.79. The molecule has 1 aliphatic rings. The maximum Gasteiger partial charge on any atom is 0.127 e. The SMILES string of the molecule is CNC(CC1CCNCC1)c1ccccc1F. The highest BCUT2D eigenvalue weighted by Gasteiger charge is 2.20. The molecule has 94 valence electrons. The van der Waals surface area contributed by atoms with E-state index >= 15 is 0 Å². The molecule has 1 heterocycles. The van der Waals surface area contributed by atoms with E-state index < -0.39 is 0 Å². The van der Waals surface area contributed by atoms with Crippen molar-refractivity contribution in [2.75, 3.05) is 20.1 Å². The zero-order valence-corrected chi connectivity index (χ0v) is 10.4. The minimum absolute atomic E-state index is 0.0965. The minimum Gasteiger partial charge on any atom is -0.317 e. The average molecular weight is 236 g/mol. The van der Waals surface area contributed by atoms with E-state index in [2.05, 4.69) is 10.6 Å². The Labute approximate surface area is 103 Å². The van der Waals surface area contributed by atoms with E-state index in [0.717, 1.165) is 25.1 Å². The molecule has 2 nitrogen and oxygen atoms in total. The van der Waals surface area contributed by atoms with Crippen molar-refractivity contribution in [2.24, 2.45) is 5.92 Å². The van der Waals surface area contributed by atoms with Crippen LogP contribution in [-0.2, 0) is 0 Å². The second-order valence-electron chi connectivity index (χ2n) is 4.79. The molecule has 0 aliphatic carbocycles. The number of piperidine rings is 1. The predicted molar refractivity (Wildman–Crippen MR) is 68.4 cm³/mol.